The van der Waals surface area contributed by atoms with E-state index in [0.717, 1.165) is 103 Å². The van der Waals surface area contributed by atoms with E-state index < -0.39 is 32.5 Å². The molecular formula is C59H109NO9P-. The van der Waals surface area contributed by atoms with Crippen molar-refractivity contribution >= 4 is 25.7 Å². The van der Waals surface area contributed by atoms with Crippen LogP contribution in [0.4, 0.5) is 0 Å². The lowest BCUT2D eigenvalue weighted by Crippen LogP contribution is -2.31. The molecule has 0 spiro atoms. The minimum Gasteiger partial charge on any atom is -0.756 e. The molecule has 0 saturated carbocycles. The fraction of sp³-hybridized carbons (Fsp3) is 0.847. The molecule has 0 aliphatic heterocycles. The van der Waals surface area contributed by atoms with Gasteiger partial charge in [0.25, 0.3) is 7.82 Å². The maximum absolute atomic E-state index is 12.8. The number of unbranched alkanes of at least 4 members (excludes halogenated alkanes) is 33. The summed E-state index contributed by atoms with van der Waals surface area (Å²) in [4.78, 5) is 50.4. The number of esters is 2. The zero-order valence-corrected chi connectivity index (χ0v) is 46.6. The van der Waals surface area contributed by atoms with E-state index in [2.05, 4.69) is 62.5 Å². The summed E-state index contributed by atoms with van der Waals surface area (Å²) < 4.78 is 33.7. The van der Waals surface area contributed by atoms with Gasteiger partial charge in [0.1, 0.15) is 6.61 Å². The van der Waals surface area contributed by atoms with E-state index in [0.29, 0.717) is 19.3 Å². The minimum absolute atomic E-state index is 0.0157. The first-order valence-corrected chi connectivity index (χ1v) is 30.9. The van der Waals surface area contributed by atoms with E-state index >= 15 is 0 Å². The number of carbonyl (C=O) groups excluding carboxylic acids is 3. The van der Waals surface area contributed by atoms with Crippen LogP contribution in [0.1, 0.15) is 290 Å². The van der Waals surface area contributed by atoms with E-state index in [9.17, 15) is 23.8 Å². The number of nitrogens with one attached hydrogen (secondary N) is 1. The number of ether oxygens (including phenoxy) is 2. The van der Waals surface area contributed by atoms with Crippen LogP contribution >= 0.6 is 7.82 Å². The largest absolute Gasteiger partial charge is 0.756 e. The van der Waals surface area contributed by atoms with Crippen molar-refractivity contribution in [2.75, 3.05) is 26.4 Å². The van der Waals surface area contributed by atoms with Crippen LogP contribution in [0.25, 0.3) is 0 Å². The van der Waals surface area contributed by atoms with Crippen LogP contribution in [-0.4, -0.2) is 50.3 Å². The summed E-state index contributed by atoms with van der Waals surface area (Å²) in [6.07, 6.45) is 59.0. The van der Waals surface area contributed by atoms with Gasteiger partial charge in [-0.15, -0.1) is 0 Å². The number of allylic oxidation sites excluding steroid dienone is 6. The molecule has 0 heterocycles. The molecule has 0 aliphatic carbocycles. The molecule has 0 aromatic heterocycles. The van der Waals surface area contributed by atoms with Gasteiger partial charge in [-0.2, -0.15) is 0 Å². The molecule has 0 bridgehead atoms. The van der Waals surface area contributed by atoms with Crippen molar-refractivity contribution in [3.8, 4) is 0 Å². The molecule has 10 nitrogen and oxygen atoms in total. The van der Waals surface area contributed by atoms with Crippen LogP contribution in [0.2, 0.25) is 0 Å². The third kappa shape index (κ3) is 53.5. The van der Waals surface area contributed by atoms with Crippen molar-refractivity contribution in [2.24, 2.45) is 0 Å². The molecule has 1 unspecified atom stereocenters. The Morgan fingerprint density at radius 1 is 0.429 bits per heavy atom. The van der Waals surface area contributed by atoms with E-state index in [-0.39, 0.29) is 38.5 Å². The van der Waals surface area contributed by atoms with Gasteiger partial charge in [-0.05, 0) is 96.3 Å². The van der Waals surface area contributed by atoms with Crippen LogP contribution < -0.4 is 10.2 Å². The van der Waals surface area contributed by atoms with Gasteiger partial charge in [-0.3, -0.25) is 18.9 Å². The second-order valence-electron chi connectivity index (χ2n) is 19.7. The van der Waals surface area contributed by atoms with Gasteiger partial charge in [-0.25, -0.2) is 0 Å². The van der Waals surface area contributed by atoms with Crippen molar-refractivity contribution in [3.05, 3.63) is 36.5 Å². The van der Waals surface area contributed by atoms with Gasteiger partial charge < -0.3 is 28.7 Å². The lowest BCUT2D eigenvalue weighted by molar-refractivity contribution is -0.228. The van der Waals surface area contributed by atoms with E-state index in [4.69, 9.17) is 18.5 Å². The normalized spacial score (nSPS) is 13.1. The SMILES string of the molecule is CCCCCCCC/C=C\CCCCCCCC(=O)NCCOP(=O)([O-])OC[C@@H](COC(=O)CCCCCCC/C=C\CCCCCCCC)OC(=O)CCCCCCC/C=C\CCCCCCCC. The Bertz CT molecular complexity index is 1300. The third-order valence-electron chi connectivity index (χ3n) is 12.8. The summed E-state index contributed by atoms with van der Waals surface area (Å²) in [5.41, 5.74) is 0. The first-order chi connectivity index (χ1) is 34.2. The van der Waals surface area contributed by atoms with Crippen molar-refractivity contribution in [1.29, 1.82) is 0 Å². The average molecular weight is 1010 g/mol. The van der Waals surface area contributed by atoms with Gasteiger partial charge in [0, 0.05) is 25.8 Å². The number of hydrogen-bond donors (Lipinski definition) is 1. The predicted octanol–water partition coefficient (Wildman–Crippen LogP) is 17.2. The van der Waals surface area contributed by atoms with Crippen LogP contribution in [0, 0.1) is 0 Å². The lowest BCUT2D eigenvalue weighted by atomic mass is 10.1. The third-order valence-corrected chi connectivity index (χ3v) is 13.7. The summed E-state index contributed by atoms with van der Waals surface area (Å²) >= 11 is 0. The van der Waals surface area contributed by atoms with Crippen molar-refractivity contribution in [3.63, 3.8) is 0 Å². The Morgan fingerprint density at radius 3 is 1.14 bits per heavy atom. The molecule has 0 aliphatic rings. The summed E-state index contributed by atoms with van der Waals surface area (Å²) in [6, 6.07) is 0. The Kier molecular flexibility index (Phi) is 52.8. The zero-order chi connectivity index (χ0) is 51.1. The van der Waals surface area contributed by atoms with Crippen molar-refractivity contribution in [2.45, 2.75) is 297 Å². The molecule has 0 radical (unpaired) electrons. The molecule has 1 amide bonds. The summed E-state index contributed by atoms with van der Waals surface area (Å²) in [6.45, 7) is 5.62. The molecule has 0 fully saturated rings. The summed E-state index contributed by atoms with van der Waals surface area (Å²) in [7, 11) is -4.80. The first kappa shape index (κ1) is 67.7. The quantitative estimate of drug-likeness (QED) is 0.0273. The highest BCUT2D eigenvalue weighted by Gasteiger charge is 2.21. The maximum Gasteiger partial charge on any atom is 0.306 e. The standard InChI is InChI=1S/C59H110NO9P/c1-4-7-10-13-16-19-22-25-28-31-34-37-40-43-46-49-57(61)60-52-53-67-70(64,65)68-55-56(69-59(63)51-48-45-42-39-36-33-30-27-24-21-18-15-12-9-6-3)54-66-58(62)50-47-44-41-38-35-32-29-26-23-20-17-14-11-8-5-2/h25-30,56H,4-24,31-55H2,1-3H3,(H,60,61)(H,64,65)/p-1/b28-25-,29-26-,30-27-/t56-/m1/s1. The van der Waals surface area contributed by atoms with E-state index in [1.165, 1.54) is 135 Å². The number of amides is 1. The molecule has 2 atom stereocenters. The molecule has 70 heavy (non-hydrogen) atoms. The second-order valence-corrected chi connectivity index (χ2v) is 21.1. The molecule has 0 aromatic carbocycles. The van der Waals surface area contributed by atoms with E-state index in [1.807, 2.05) is 0 Å². The molecule has 1 N–H and O–H groups in total. The smallest absolute Gasteiger partial charge is 0.306 e. The number of hydrogen-bond acceptors (Lipinski definition) is 9. The van der Waals surface area contributed by atoms with Crippen LogP contribution in [0.5, 0.6) is 0 Å². The predicted molar refractivity (Wildman–Crippen MR) is 292 cm³/mol. The number of phosphoric ester groups is 1. The van der Waals surface area contributed by atoms with Crippen LogP contribution in [-0.2, 0) is 37.5 Å². The molecule has 0 saturated heterocycles. The van der Waals surface area contributed by atoms with Gasteiger partial charge >= 0.3 is 11.9 Å². The van der Waals surface area contributed by atoms with Gasteiger partial charge in [-0.1, -0.05) is 211 Å². The highest BCUT2D eigenvalue weighted by molar-refractivity contribution is 7.45. The lowest BCUT2D eigenvalue weighted by Gasteiger charge is -2.25. The van der Waals surface area contributed by atoms with Gasteiger partial charge in [0.15, 0.2) is 6.10 Å². The number of rotatable bonds is 55. The van der Waals surface area contributed by atoms with E-state index in [1.54, 1.807) is 0 Å². The minimum atomic E-state index is -4.80. The number of carbonyl (C=O) groups is 3. The van der Waals surface area contributed by atoms with Crippen LogP contribution in [0.15, 0.2) is 36.5 Å². The Hall–Kier alpha value is -2.26. The summed E-state index contributed by atoms with van der Waals surface area (Å²) in [5, 5.41) is 2.71. The monoisotopic (exact) mass is 1010 g/mol. The fourth-order valence-electron chi connectivity index (χ4n) is 8.30. The van der Waals surface area contributed by atoms with Gasteiger partial charge in [0.2, 0.25) is 5.91 Å². The highest BCUT2D eigenvalue weighted by Crippen LogP contribution is 2.38. The molecular weight excluding hydrogens is 898 g/mol. The molecule has 0 rings (SSSR count). The maximum atomic E-state index is 12.8. The van der Waals surface area contributed by atoms with Crippen LogP contribution in [0.3, 0.4) is 0 Å². The Labute approximate surface area is 431 Å². The topological polar surface area (TPSA) is 140 Å². The molecule has 0 aromatic rings. The average Bonchev–Trinajstić information content (AvgIpc) is 3.34. The summed E-state index contributed by atoms with van der Waals surface area (Å²) in [5.74, 6) is -1.06. The Balaban J connectivity index is 4.53. The zero-order valence-electron chi connectivity index (χ0n) is 45.7. The molecule has 410 valence electrons. The van der Waals surface area contributed by atoms with Crippen molar-refractivity contribution < 1.29 is 42.4 Å². The van der Waals surface area contributed by atoms with Crippen molar-refractivity contribution in [1.82, 2.24) is 5.32 Å². The van der Waals surface area contributed by atoms with Gasteiger partial charge in [0.05, 0.1) is 13.2 Å². The second kappa shape index (κ2) is 54.5. The first-order valence-electron chi connectivity index (χ1n) is 29.4. The highest BCUT2D eigenvalue weighted by atomic mass is 31.2. The molecule has 11 heteroatoms. The fourth-order valence-corrected chi connectivity index (χ4v) is 9.04. The number of phosphoric acid groups is 1. The Morgan fingerprint density at radius 2 is 0.757 bits per heavy atom.